The molecule has 2 atom stereocenters. The van der Waals surface area contributed by atoms with Crippen molar-refractivity contribution in [1.29, 1.82) is 0 Å². The molecule has 0 spiro atoms. The van der Waals surface area contributed by atoms with E-state index in [1.807, 2.05) is 45.0 Å². The molecule has 10 nitrogen and oxygen atoms in total. The predicted molar refractivity (Wildman–Crippen MR) is 145 cm³/mol. The van der Waals surface area contributed by atoms with Gasteiger partial charge in [0, 0.05) is 36.8 Å². The minimum atomic E-state index is -0.597. The summed E-state index contributed by atoms with van der Waals surface area (Å²) in [4.78, 5) is 12.5. The number of anilines is 1. The minimum Gasteiger partial charge on any atom is -0.491 e. The number of nitrogens with one attached hydrogen (secondary N) is 2. The first kappa shape index (κ1) is 26.6. The van der Waals surface area contributed by atoms with Gasteiger partial charge in [-0.1, -0.05) is 17.3 Å². The molecule has 1 aliphatic heterocycles. The third-order valence-corrected chi connectivity index (χ3v) is 7.18. The van der Waals surface area contributed by atoms with E-state index in [1.165, 1.54) is 12.8 Å². The van der Waals surface area contributed by atoms with Crippen LogP contribution >= 0.6 is 0 Å². The summed E-state index contributed by atoms with van der Waals surface area (Å²) in [6.07, 6.45) is 1.95. The SMILES string of the molecule is CNCC(O)COc1cccc(-c2nc(NC[C@H]3COCCN3C3CC3)c(C)c(-c3c(C)noc3C)n2)c1. The van der Waals surface area contributed by atoms with Gasteiger partial charge in [-0.15, -0.1) is 0 Å². The molecule has 1 unspecified atom stereocenters. The maximum Gasteiger partial charge on any atom is 0.162 e. The zero-order chi connectivity index (χ0) is 26.6. The molecule has 1 aromatic carbocycles. The highest BCUT2D eigenvalue weighted by Gasteiger charge is 2.35. The molecule has 38 heavy (non-hydrogen) atoms. The van der Waals surface area contributed by atoms with Crippen LogP contribution in [0.2, 0.25) is 0 Å². The van der Waals surface area contributed by atoms with Crippen LogP contribution in [0.5, 0.6) is 5.75 Å². The highest BCUT2D eigenvalue weighted by atomic mass is 16.5. The first-order chi connectivity index (χ1) is 18.4. The summed E-state index contributed by atoms with van der Waals surface area (Å²) in [6.45, 7) is 9.75. The van der Waals surface area contributed by atoms with Crippen LogP contribution in [0.3, 0.4) is 0 Å². The van der Waals surface area contributed by atoms with Crippen molar-refractivity contribution in [3.63, 3.8) is 0 Å². The number of hydrogen-bond donors (Lipinski definition) is 3. The van der Waals surface area contributed by atoms with Gasteiger partial charge >= 0.3 is 0 Å². The fourth-order valence-corrected chi connectivity index (χ4v) is 5.04. The van der Waals surface area contributed by atoms with Crippen LogP contribution in [0.25, 0.3) is 22.6 Å². The molecule has 0 amide bonds. The lowest BCUT2D eigenvalue weighted by Gasteiger charge is -2.36. The van der Waals surface area contributed by atoms with Gasteiger partial charge in [-0.05, 0) is 52.8 Å². The van der Waals surface area contributed by atoms with Gasteiger partial charge in [0.2, 0.25) is 0 Å². The van der Waals surface area contributed by atoms with Crippen LogP contribution in [0.4, 0.5) is 5.82 Å². The number of aromatic nitrogens is 3. The number of aliphatic hydroxyl groups excluding tert-OH is 1. The van der Waals surface area contributed by atoms with Crippen LogP contribution in [0.1, 0.15) is 29.9 Å². The van der Waals surface area contributed by atoms with E-state index in [1.54, 1.807) is 7.05 Å². The minimum absolute atomic E-state index is 0.192. The van der Waals surface area contributed by atoms with Gasteiger partial charge in [-0.2, -0.15) is 0 Å². The topological polar surface area (TPSA) is 118 Å². The van der Waals surface area contributed by atoms with Crippen molar-refractivity contribution < 1.29 is 19.1 Å². The van der Waals surface area contributed by atoms with E-state index >= 15 is 0 Å². The second-order valence-electron chi connectivity index (χ2n) is 10.2. The summed E-state index contributed by atoms with van der Waals surface area (Å²) in [5.74, 6) is 2.72. The second-order valence-corrected chi connectivity index (χ2v) is 10.2. The summed E-state index contributed by atoms with van der Waals surface area (Å²) >= 11 is 0. The van der Waals surface area contributed by atoms with Crippen molar-refractivity contribution >= 4 is 5.82 Å². The monoisotopic (exact) mass is 522 g/mol. The van der Waals surface area contributed by atoms with E-state index in [0.717, 1.165) is 66.0 Å². The van der Waals surface area contributed by atoms with E-state index in [4.69, 9.17) is 24.0 Å². The van der Waals surface area contributed by atoms with Crippen molar-refractivity contribution in [2.45, 2.75) is 51.8 Å². The zero-order valence-electron chi connectivity index (χ0n) is 22.7. The molecule has 5 rings (SSSR count). The average molecular weight is 523 g/mol. The number of nitrogens with zero attached hydrogens (tertiary/aromatic N) is 4. The number of aryl methyl sites for hydroxylation is 2. The van der Waals surface area contributed by atoms with Crippen LogP contribution < -0.4 is 15.4 Å². The number of rotatable bonds is 11. The molecular weight excluding hydrogens is 484 g/mol. The first-order valence-electron chi connectivity index (χ1n) is 13.4. The predicted octanol–water partition coefficient (Wildman–Crippen LogP) is 2.96. The Hall–Kier alpha value is -3.05. The van der Waals surface area contributed by atoms with Crippen LogP contribution in [-0.4, -0.2) is 89.8 Å². The molecule has 10 heteroatoms. The highest BCUT2D eigenvalue weighted by Crippen LogP contribution is 2.34. The van der Waals surface area contributed by atoms with Crippen LogP contribution in [-0.2, 0) is 4.74 Å². The number of likely N-dealkylation sites (N-methyl/N-ethyl adjacent to an activating group) is 1. The van der Waals surface area contributed by atoms with Gasteiger partial charge in [-0.3, -0.25) is 4.90 Å². The third kappa shape index (κ3) is 5.99. The molecule has 2 fully saturated rings. The zero-order valence-corrected chi connectivity index (χ0v) is 22.7. The van der Waals surface area contributed by atoms with Crippen molar-refractivity contribution in [3.8, 4) is 28.4 Å². The Morgan fingerprint density at radius 1 is 1.21 bits per heavy atom. The Morgan fingerprint density at radius 2 is 2.05 bits per heavy atom. The Balaban J connectivity index is 1.45. The van der Waals surface area contributed by atoms with Gasteiger partial charge in [-0.25, -0.2) is 9.97 Å². The fourth-order valence-electron chi connectivity index (χ4n) is 5.04. The van der Waals surface area contributed by atoms with Gasteiger partial charge in [0.15, 0.2) is 5.82 Å². The molecule has 1 aliphatic carbocycles. The summed E-state index contributed by atoms with van der Waals surface area (Å²) in [6, 6.07) is 8.63. The van der Waals surface area contributed by atoms with Crippen molar-refractivity contribution in [2.24, 2.45) is 0 Å². The van der Waals surface area contributed by atoms with Crippen LogP contribution in [0, 0.1) is 20.8 Å². The molecule has 2 aromatic heterocycles. The molecular formula is C28H38N6O4. The number of ether oxygens (including phenoxy) is 2. The van der Waals surface area contributed by atoms with E-state index in [9.17, 15) is 5.11 Å². The summed E-state index contributed by atoms with van der Waals surface area (Å²) < 4.78 is 17.1. The molecule has 3 aromatic rings. The van der Waals surface area contributed by atoms with Crippen molar-refractivity contribution in [1.82, 2.24) is 25.3 Å². The number of aliphatic hydroxyl groups is 1. The Morgan fingerprint density at radius 3 is 2.79 bits per heavy atom. The lowest BCUT2D eigenvalue weighted by atomic mass is 10.0. The number of morpholine rings is 1. The van der Waals surface area contributed by atoms with E-state index in [2.05, 4.69) is 20.7 Å². The molecule has 3 heterocycles. The van der Waals surface area contributed by atoms with Gasteiger partial charge in [0.25, 0.3) is 0 Å². The summed E-state index contributed by atoms with van der Waals surface area (Å²) in [5, 5.41) is 20.8. The lowest BCUT2D eigenvalue weighted by Crippen LogP contribution is -2.50. The van der Waals surface area contributed by atoms with Gasteiger partial charge < -0.3 is 29.7 Å². The Kier molecular flexibility index (Phi) is 8.23. The number of benzene rings is 1. The first-order valence-corrected chi connectivity index (χ1v) is 13.4. The largest absolute Gasteiger partial charge is 0.491 e. The van der Waals surface area contributed by atoms with E-state index in [0.29, 0.717) is 30.2 Å². The van der Waals surface area contributed by atoms with Crippen molar-refractivity contribution in [2.75, 3.05) is 51.8 Å². The summed E-state index contributed by atoms with van der Waals surface area (Å²) in [5.41, 5.74) is 4.24. The smallest absolute Gasteiger partial charge is 0.162 e. The maximum absolute atomic E-state index is 10.0. The highest BCUT2D eigenvalue weighted by molar-refractivity contribution is 5.74. The second kappa shape index (κ2) is 11.8. The molecule has 204 valence electrons. The standard InChI is InChI=1S/C28H38N6O4/c1-17-26(25-18(2)33-38-19(25)3)31-28(20-6-5-7-24(12-20)37-16-23(35)14-29-4)32-27(17)30-13-22-15-36-11-10-34(22)21-8-9-21/h5-7,12,21-23,29,35H,8-11,13-16H2,1-4H3,(H,30,31,32)/t22-,23?/m0/s1. The van der Waals surface area contributed by atoms with Crippen molar-refractivity contribution in [3.05, 3.63) is 41.3 Å². The molecule has 2 aliphatic rings. The molecule has 1 saturated heterocycles. The number of hydrogen-bond acceptors (Lipinski definition) is 10. The fraction of sp³-hybridized carbons (Fsp3) is 0.536. The van der Waals surface area contributed by atoms with Crippen LogP contribution in [0.15, 0.2) is 28.8 Å². The lowest BCUT2D eigenvalue weighted by molar-refractivity contribution is -0.00662. The molecule has 0 bridgehead atoms. The van der Waals surface area contributed by atoms with Gasteiger partial charge in [0.1, 0.15) is 30.0 Å². The molecule has 0 radical (unpaired) electrons. The molecule has 3 N–H and O–H groups in total. The quantitative estimate of drug-likeness (QED) is 0.347. The Bertz CT molecular complexity index is 1220. The molecule has 1 saturated carbocycles. The Labute approximate surface area is 223 Å². The van der Waals surface area contributed by atoms with E-state index in [-0.39, 0.29) is 6.61 Å². The van der Waals surface area contributed by atoms with E-state index < -0.39 is 6.10 Å². The average Bonchev–Trinajstić information content (AvgIpc) is 3.72. The summed E-state index contributed by atoms with van der Waals surface area (Å²) in [7, 11) is 1.80. The maximum atomic E-state index is 10.0. The van der Waals surface area contributed by atoms with Gasteiger partial charge in [0.05, 0.1) is 36.2 Å². The normalized spacial score (nSPS) is 18.9. The third-order valence-electron chi connectivity index (χ3n) is 7.18.